The topological polar surface area (TPSA) is 88.5 Å². The molecule has 0 aliphatic carbocycles. The number of primary amides is 1. The molecular weight excluding hydrogens is 146 g/mol. The highest BCUT2D eigenvalue weighted by Gasteiger charge is 2.04. The summed E-state index contributed by atoms with van der Waals surface area (Å²) in [6, 6.07) is 1.44. The molecule has 0 atom stereocenters. The Hall–Kier alpha value is -2.01. The molecule has 0 saturated carbocycles. The molecule has 0 rings (SSSR count). The summed E-state index contributed by atoms with van der Waals surface area (Å²) in [5.74, 6) is 1.15. The van der Waals surface area contributed by atoms with Crippen molar-refractivity contribution < 1.29 is 9.63 Å². The van der Waals surface area contributed by atoms with Gasteiger partial charge in [0.1, 0.15) is 6.07 Å². The third kappa shape index (κ3) is 3.55. The van der Waals surface area contributed by atoms with Gasteiger partial charge in [0, 0.05) is 0 Å². The van der Waals surface area contributed by atoms with Gasteiger partial charge in [-0.3, -0.25) is 4.79 Å². The van der Waals surface area contributed by atoms with Crippen molar-refractivity contribution in [3.05, 3.63) is 0 Å². The first kappa shape index (κ1) is 8.99. The lowest BCUT2D eigenvalue weighted by Gasteiger charge is -1.90. The zero-order valence-electron chi connectivity index (χ0n) is 5.57. The van der Waals surface area contributed by atoms with Crippen LogP contribution in [0.25, 0.3) is 0 Å². The number of rotatable bonds is 3. The van der Waals surface area contributed by atoms with Gasteiger partial charge in [0.15, 0.2) is 6.61 Å². The molecule has 0 unspecified atom stereocenters. The van der Waals surface area contributed by atoms with E-state index in [0.29, 0.717) is 0 Å². The van der Waals surface area contributed by atoms with Gasteiger partial charge in [-0.05, 0) is 0 Å². The van der Waals surface area contributed by atoms with E-state index >= 15 is 0 Å². The predicted octanol–water partition coefficient (Wildman–Crippen LogP) is -0.999. The smallest absolute Gasteiger partial charge is 0.281 e. The third-order valence-electron chi connectivity index (χ3n) is 0.643. The number of oxime groups is 1. The van der Waals surface area contributed by atoms with Crippen LogP contribution in [0.4, 0.5) is 0 Å². The Bertz CT molecular complexity index is 256. The van der Waals surface area contributed by atoms with Crippen molar-refractivity contribution in [2.45, 2.75) is 0 Å². The van der Waals surface area contributed by atoms with E-state index in [2.05, 4.69) is 15.9 Å². The summed E-state index contributed by atoms with van der Waals surface area (Å²) < 4.78 is 0. The van der Waals surface area contributed by atoms with Gasteiger partial charge in [-0.2, -0.15) is 5.26 Å². The van der Waals surface area contributed by atoms with Crippen LogP contribution >= 0.6 is 0 Å². The summed E-state index contributed by atoms with van der Waals surface area (Å²) in [5.41, 5.74) is 4.21. The molecule has 0 aromatic heterocycles. The fourth-order valence-corrected chi connectivity index (χ4v) is 0.255. The van der Waals surface area contributed by atoms with E-state index in [1.165, 1.54) is 6.07 Å². The second-order valence-electron chi connectivity index (χ2n) is 1.39. The van der Waals surface area contributed by atoms with Crippen molar-refractivity contribution >= 4 is 11.6 Å². The second kappa shape index (κ2) is 4.83. The van der Waals surface area contributed by atoms with Crippen LogP contribution in [0.15, 0.2) is 5.16 Å². The number of carbonyl (C=O) groups excluding carboxylic acids is 1. The SMILES string of the molecule is C#CCO/N=C(\C#N)C(N)=O. The quantitative estimate of drug-likeness (QED) is 0.243. The van der Waals surface area contributed by atoms with E-state index in [1.54, 1.807) is 0 Å². The van der Waals surface area contributed by atoms with Crippen molar-refractivity contribution in [2.75, 3.05) is 6.61 Å². The summed E-state index contributed by atoms with van der Waals surface area (Å²) in [7, 11) is 0. The normalized spacial score (nSPS) is 9.45. The highest BCUT2D eigenvalue weighted by atomic mass is 16.6. The van der Waals surface area contributed by atoms with Crippen LogP contribution in [0.3, 0.4) is 0 Å². The third-order valence-corrected chi connectivity index (χ3v) is 0.643. The van der Waals surface area contributed by atoms with E-state index < -0.39 is 11.6 Å². The largest absolute Gasteiger partial charge is 0.381 e. The molecule has 0 spiro atoms. The lowest BCUT2D eigenvalue weighted by molar-refractivity contribution is -0.112. The number of carbonyl (C=O) groups is 1. The van der Waals surface area contributed by atoms with Crippen LogP contribution in [0.2, 0.25) is 0 Å². The van der Waals surface area contributed by atoms with E-state index in [4.69, 9.17) is 17.4 Å². The number of terminal acetylenes is 1. The van der Waals surface area contributed by atoms with Gasteiger partial charge < -0.3 is 10.6 Å². The molecule has 2 N–H and O–H groups in total. The Morgan fingerprint density at radius 3 is 2.82 bits per heavy atom. The summed E-state index contributed by atoms with van der Waals surface area (Å²) in [5, 5.41) is 11.3. The first-order chi connectivity index (χ1) is 5.22. The molecule has 56 valence electrons. The maximum absolute atomic E-state index is 10.3. The van der Waals surface area contributed by atoms with E-state index in [-0.39, 0.29) is 6.61 Å². The van der Waals surface area contributed by atoms with E-state index in [0.717, 1.165) is 0 Å². The summed E-state index contributed by atoms with van der Waals surface area (Å²) in [6.45, 7) is -0.0987. The van der Waals surface area contributed by atoms with Crippen molar-refractivity contribution in [3.63, 3.8) is 0 Å². The molecule has 0 aromatic carbocycles. The molecule has 0 aromatic rings. The van der Waals surface area contributed by atoms with Gasteiger partial charge in [-0.1, -0.05) is 11.1 Å². The first-order valence-corrected chi connectivity index (χ1v) is 2.55. The van der Waals surface area contributed by atoms with Gasteiger partial charge in [-0.15, -0.1) is 6.42 Å². The number of nitrogens with zero attached hydrogens (tertiary/aromatic N) is 2. The minimum absolute atomic E-state index is 0.0987. The fourth-order valence-electron chi connectivity index (χ4n) is 0.255. The second-order valence-corrected chi connectivity index (χ2v) is 1.39. The highest BCUT2D eigenvalue weighted by Crippen LogP contribution is 1.78. The summed E-state index contributed by atoms with van der Waals surface area (Å²) >= 11 is 0. The van der Waals surface area contributed by atoms with E-state index in [1.807, 2.05) is 0 Å². The van der Waals surface area contributed by atoms with Crippen molar-refractivity contribution in [2.24, 2.45) is 10.9 Å². The van der Waals surface area contributed by atoms with Crippen LogP contribution < -0.4 is 5.73 Å². The van der Waals surface area contributed by atoms with Crippen molar-refractivity contribution in [1.29, 1.82) is 5.26 Å². The Morgan fingerprint density at radius 2 is 2.45 bits per heavy atom. The van der Waals surface area contributed by atoms with Crippen LogP contribution in [0.1, 0.15) is 0 Å². The number of amides is 1. The van der Waals surface area contributed by atoms with Gasteiger partial charge >= 0.3 is 0 Å². The number of nitriles is 1. The average Bonchev–Trinajstić information content (AvgIpc) is 1.97. The Morgan fingerprint density at radius 1 is 1.82 bits per heavy atom. The van der Waals surface area contributed by atoms with Crippen LogP contribution in [-0.2, 0) is 9.63 Å². The predicted molar refractivity (Wildman–Crippen MR) is 37.0 cm³/mol. The molecule has 0 aliphatic rings. The molecule has 0 fully saturated rings. The molecule has 0 saturated heterocycles. The minimum atomic E-state index is -0.940. The summed E-state index contributed by atoms with van der Waals surface area (Å²) in [6.07, 6.45) is 4.79. The molecule has 0 aliphatic heterocycles. The van der Waals surface area contributed by atoms with Gasteiger partial charge in [0.25, 0.3) is 5.91 Å². The molecule has 0 radical (unpaired) electrons. The van der Waals surface area contributed by atoms with Crippen molar-refractivity contribution in [1.82, 2.24) is 0 Å². The Kier molecular flexibility index (Phi) is 3.95. The Balaban J connectivity index is 4.08. The highest BCUT2D eigenvalue weighted by molar-refractivity contribution is 6.44. The van der Waals surface area contributed by atoms with Crippen LogP contribution in [-0.4, -0.2) is 18.2 Å². The first-order valence-electron chi connectivity index (χ1n) is 2.55. The average molecular weight is 151 g/mol. The molecule has 0 heterocycles. The molecular formula is C6H5N3O2. The monoisotopic (exact) mass is 151 g/mol. The summed E-state index contributed by atoms with van der Waals surface area (Å²) in [4.78, 5) is 14.6. The molecule has 11 heavy (non-hydrogen) atoms. The maximum atomic E-state index is 10.3. The standard InChI is InChI=1S/C6H5N3O2/c1-2-3-11-9-5(4-7)6(8)10/h1H,3H2,(H2,8,10)/b9-5+. The number of hydrogen-bond acceptors (Lipinski definition) is 4. The molecule has 5 heteroatoms. The van der Waals surface area contributed by atoms with E-state index in [9.17, 15) is 4.79 Å². The maximum Gasteiger partial charge on any atom is 0.281 e. The molecule has 0 bridgehead atoms. The molecule has 5 nitrogen and oxygen atoms in total. The van der Waals surface area contributed by atoms with Crippen molar-refractivity contribution in [3.8, 4) is 18.4 Å². The lowest BCUT2D eigenvalue weighted by Crippen LogP contribution is -2.21. The zero-order chi connectivity index (χ0) is 8.69. The van der Waals surface area contributed by atoms with Gasteiger partial charge in [-0.25, -0.2) is 0 Å². The van der Waals surface area contributed by atoms with Crippen LogP contribution in [0.5, 0.6) is 0 Å². The Labute approximate surface area is 63.4 Å². The lowest BCUT2D eigenvalue weighted by atomic mass is 10.4. The zero-order valence-corrected chi connectivity index (χ0v) is 5.57. The number of nitrogens with two attached hydrogens (primary N) is 1. The van der Waals surface area contributed by atoms with Gasteiger partial charge in [0.05, 0.1) is 0 Å². The number of hydrogen-bond donors (Lipinski definition) is 1. The fraction of sp³-hybridized carbons (Fsp3) is 0.167. The van der Waals surface area contributed by atoms with Gasteiger partial charge in [0.2, 0.25) is 5.71 Å². The van der Waals surface area contributed by atoms with Crippen LogP contribution in [0, 0.1) is 23.7 Å². The molecule has 1 amide bonds. The minimum Gasteiger partial charge on any atom is -0.381 e.